The second-order valence-electron chi connectivity index (χ2n) is 10.4. The van der Waals surface area contributed by atoms with Gasteiger partial charge < -0.3 is 15.0 Å². The van der Waals surface area contributed by atoms with E-state index < -0.39 is 18.0 Å². The summed E-state index contributed by atoms with van der Waals surface area (Å²) in [5.41, 5.74) is -0.132. The van der Waals surface area contributed by atoms with Gasteiger partial charge in [-0.25, -0.2) is 18.3 Å². The van der Waals surface area contributed by atoms with Crippen LogP contribution in [0.25, 0.3) is 5.65 Å². The summed E-state index contributed by atoms with van der Waals surface area (Å²) >= 11 is 0. The predicted molar refractivity (Wildman–Crippen MR) is 132 cm³/mol. The standard InChI is InChI=1S/C25H33F2N7O2/c1-4-16-5-7-17(8-6-16)34-14-19(21(31-34)22(26)27)29-24(35)18-13-28-33-10-9-20(30-23(18)33)32-11-12-36-25(2,3)15-32/h9-10,13-14,16-17,22H,4-8,11-12,15H2,1-3H3,(H,29,35)/t16-,17-. The molecule has 3 aromatic heterocycles. The minimum absolute atomic E-state index is 0.0260. The first kappa shape index (κ1) is 24.6. The van der Waals surface area contributed by atoms with Crippen molar-refractivity contribution < 1.29 is 18.3 Å². The summed E-state index contributed by atoms with van der Waals surface area (Å²) in [6.07, 6.45) is 6.93. The van der Waals surface area contributed by atoms with Gasteiger partial charge in [-0.15, -0.1) is 0 Å². The fourth-order valence-electron chi connectivity index (χ4n) is 5.27. The number of carbonyl (C=O) groups is 1. The molecule has 0 aromatic carbocycles. The Labute approximate surface area is 208 Å². The fourth-order valence-corrected chi connectivity index (χ4v) is 5.27. The molecule has 1 saturated carbocycles. The number of hydrogen-bond donors (Lipinski definition) is 1. The lowest BCUT2D eigenvalue weighted by Crippen LogP contribution is -2.48. The van der Waals surface area contributed by atoms with E-state index >= 15 is 0 Å². The van der Waals surface area contributed by atoms with E-state index in [0.29, 0.717) is 37.1 Å². The SMILES string of the molecule is CC[C@H]1CC[C@H](n2cc(NC(=O)c3cnn4ccc(N5CCOC(C)(C)C5)nc34)c(C(F)F)n2)CC1. The highest BCUT2D eigenvalue weighted by molar-refractivity contribution is 6.08. The summed E-state index contributed by atoms with van der Waals surface area (Å²) < 4.78 is 36.5. The van der Waals surface area contributed by atoms with Crippen LogP contribution in [0.1, 0.15) is 81.4 Å². The van der Waals surface area contributed by atoms with E-state index in [4.69, 9.17) is 4.74 Å². The second-order valence-corrected chi connectivity index (χ2v) is 10.4. The number of morpholine rings is 1. The zero-order chi connectivity index (χ0) is 25.4. The van der Waals surface area contributed by atoms with E-state index in [9.17, 15) is 13.6 Å². The molecule has 0 radical (unpaired) electrons. The highest BCUT2D eigenvalue weighted by Crippen LogP contribution is 2.36. The molecule has 4 heterocycles. The van der Waals surface area contributed by atoms with Crippen molar-refractivity contribution in [1.29, 1.82) is 0 Å². The normalized spacial score (nSPS) is 22.3. The van der Waals surface area contributed by atoms with Crippen LogP contribution in [-0.4, -0.2) is 55.6 Å². The molecule has 36 heavy (non-hydrogen) atoms. The molecule has 1 aliphatic carbocycles. The molecule has 1 aliphatic heterocycles. The van der Waals surface area contributed by atoms with Crippen LogP contribution < -0.4 is 10.2 Å². The number of rotatable bonds is 6. The maximum Gasteiger partial charge on any atom is 0.284 e. The van der Waals surface area contributed by atoms with E-state index in [1.165, 1.54) is 16.9 Å². The molecule has 2 fully saturated rings. The Morgan fingerprint density at radius 1 is 1.28 bits per heavy atom. The Hall–Kier alpha value is -3.08. The molecule has 0 spiro atoms. The van der Waals surface area contributed by atoms with Crippen LogP contribution >= 0.6 is 0 Å². The van der Waals surface area contributed by atoms with Crippen molar-refractivity contribution in [3.63, 3.8) is 0 Å². The Kier molecular flexibility index (Phi) is 6.67. The lowest BCUT2D eigenvalue weighted by atomic mass is 9.85. The molecule has 9 nitrogen and oxygen atoms in total. The Balaban J connectivity index is 1.38. The summed E-state index contributed by atoms with van der Waals surface area (Å²) in [4.78, 5) is 20.0. The van der Waals surface area contributed by atoms with Crippen molar-refractivity contribution in [2.45, 2.75) is 70.9 Å². The Morgan fingerprint density at radius 2 is 2.06 bits per heavy atom. The van der Waals surface area contributed by atoms with Crippen molar-refractivity contribution in [3.05, 3.63) is 35.9 Å². The maximum atomic E-state index is 13.8. The van der Waals surface area contributed by atoms with Gasteiger partial charge in [-0.3, -0.25) is 9.48 Å². The van der Waals surface area contributed by atoms with Gasteiger partial charge in [-0.2, -0.15) is 10.2 Å². The molecular formula is C25H33F2N7O2. The largest absolute Gasteiger partial charge is 0.372 e. The number of hydrogen-bond acceptors (Lipinski definition) is 6. The van der Waals surface area contributed by atoms with Gasteiger partial charge in [-0.05, 0) is 51.5 Å². The zero-order valence-corrected chi connectivity index (χ0v) is 21.0. The summed E-state index contributed by atoms with van der Waals surface area (Å²) in [5.74, 6) is 0.840. The van der Waals surface area contributed by atoms with Crippen molar-refractivity contribution in [3.8, 4) is 0 Å². The van der Waals surface area contributed by atoms with Crippen LogP contribution in [0, 0.1) is 5.92 Å². The third kappa shape index (κ3) is 4.93. The average Bonchev–Trinajstić information content (AvgIpc) is 3.47. The second kappa shape index (κ2) is 9.76. The number of carbonyl (C=O) groups excluding carboxylic acids is 1. The molecular weight excluding hydrogens is 468 g/mol. The Morgan fingerprint density at radius 3 is 2.75 bits per heavy atom. The van der Waals surface area contributed by atoms with Crippen molar-refractivity contribution in [2.24, 2.45) is 5.92 Å². The molecule has 2 aliphatic rings. The van der Waals surface area contributed by atoms with Gasteiger partial charge in [0.25, 0.3) is 12.3 Å². The molecule has 0 bridgehead atoms. The average molecular weight is 502 g/mol. The first-order valence-electron chi connectivity index (χ1n) is 12.7. The quantitative estimate of drug-likeness (QED) is 0.518. The highest BCUT2D eigenvalue weighted by atomic mass is 19.3. The molecule has 0 unspecified atom stereocenters. The van der Waals surface area contributed by atoms with E-state index in [1.54, 1.807) is 10.9 Å². The van der Waals surface area contributed by atoms with Crippen LogP contribution in [-0.2, 0) is 4.74 Å². The topological polar surface area (TPSA) is 89.6 Å². The Bertz CT molecular complexity index is 1230. The molecule has 5 rings (SSSR count). The van der Waals surface area contributed by atoms with Crippen molar-refractivity contribution >= 4 is 23.1 Å². The highest BCUT2D eigenvalue weighted by Gasteiger charge is 2.29. The smallest absolute Gasteiger partial charge is 0.284 e. The molecule has 0 atom stereocenters. The van der Waals surface area contributed by atoms with Gasteiger partial charge in [0.1, 0.15) is 11.4 Å². The number of halogens is 2. The third-order valence-electron chi connectivity index (χ3n) is 7.33. The number of amides is 1. The summed E-state index contributed by atoms with van der Waals surface area (Å²) in [6.45, 7) is 8.13. The lowest BCUT2D eigenvalue weighted by molar-refractivity contribution is -0.0279. The number of ether oxygens (including phenoxy) is 1. The van der Waals surface area contributed by atoms with E-state index in [2.05, 4.69) is 32.3 Å². The van der Waals surface area contributed by atoms with Crippen LogP contribution in [0.2, 0.25) is 0 Å². The molecule has 11 heteroatoms. The summed E-state index contributed by atoms with van der Waals surface area (Å²) in [5, 5.41) is 11.0. The van der Waals surface area contributed by atoms with Gasteiger partial charge in [-0.1, -0.05) is 13.3 Å². The van der Waals surface area contributed by atoms with Crippen molar-refractivity contribution in [2.75, 3.05) is 29.9 Å². The zero-order valence-electron chi connectivity index (χ0n) is 21.0. The van der Waals surface area contributed by atoms with Gasteiger partial charge >= 0.3 is 0 Å². The van der Waals surface area contributed by atoms with Gasteiger partial charge in [0.15, 0.2) is 11.3 Å². The number of nitrogens with zero attached hydrogens (tertiary/aromatic N) is 6. The van der Waals surface area contributed by atoms with Gasteiger partial charge in [0.05, 0.1) is 30.1 Å². The number of aromatic nitrogens is 5. The molecule has 1 N–H and O–H groups in total. The van der Waals surface area contributed by atoms with Crippen LogP contribution in [0.15, 0.2) is 24.7 Å². The molecule has 3 aromatic rings. The monoisotopic (exact) mass is 501 g/mol. The van der Waals surface area contributed by atoms with Crippen LogP contribution in [0.3, 0.4) is 0 Å². The number of alkyl halides is 2. The van der Waals surface area contributed by atoms with Crippen molar-refractivity contribution in [1.82, 2.24) is 24.4 Å². The van der Waals surface area contributed by atoms with E-state index in [-0.39, 0.29) is 22.9 Å². The maximum absolute atomic E-state index is 13.8. The van der Waals surface area contributed by atoms with Gasteiger partial charge in [0.2, 0.25) is 0 Å². The minimum Gasteiger partial charge on any atom is -0.372 e. The number of nitrogens with one attached hydrogen (secondary N) is 1. The summed E-state index contributed by atoms with van der Waals surface area (Å²) in [7, 11) is 0. The lowest BCUT2D eigenvalue weighted by Gasteiger charge is -2.38. The minimum atomic E-state index is -2.80. The summed E-state index contributed by atoms with van der Waals surface area (Å²) in [6, 6.07) is 1.91. The third-order valence-corrected chi connectivity index (χ3v) is 7.33. The van der Waals surface area contributed by atoms with Crippen LogP contribution in [0.4, 0.5) is 20.3 Å². The number of fused-ring (bicyclic) bond motifs is 1. The predicted octanol–water partition coefficient (Wildman–Crippen LogP) is 4.87. The van der Waals surface area contributed by atoms with Gasteiger partial charge in [0, 0.05) is 25.5 Å². The molecule has 194 valence electrons. The number of anilines is 2. The first-order chi connectivity index (χ1) is 17.2. The van der Waals surface area contributed by atoms with E-state index in [1.807, 2.05) is 19.9 Å². The van der Waals surface area contributed by atoms with E-state index in [0.717, 1.165) is 32.1 Å². The van der Waals surface area contributed by atoms with Crippen LogP contribution in [0.5, 0.6) is 0 Å². The molecule has 1 amide bonds. The molecule has 1 saturated heterocycles. The fraction of sp³-hybridized carbons (Fsp3) is 0.600. The first-order valence-corrected chi connectivity index (χ1v) is 12.7.